The van der Waals surface area contributed by atoms with Crippen LogP contribution in [-0.2, 0) is 4.12 Å². The van der Waals surface area contributed by atoms with Crippen LogP contribution in [0.4, 0.5) is 0 Å². The maximum atomic E-state index is 13.5. The van der Waals surface area contributed by atoms with Crippen molar-refractivity contribution in [2.24, 2.45) is 0 Å². The topological polar surface area (TPSA) is 63.2 Å². The Labute approximate surface area is 343 Å². The summed E-state index contributed by atoms with van der Waals surface area (Å²) < 4.78 is 30.8. The average molecular weight is 805 g/mol. The zero-order chi connectivity index (χ0) is 40.5. The van der Waals surface area contributed by atoms with E-state index in [1.54, 1.807) is 6.07 Å². The van der Waals surface area contributed by atoms with Crippen LogP contribution in [-0.4, -0.2) is 42.4 Å². The minimum absolute atomic E-state index is 0.399. The first-order chi connectivity index (χ1) is 27.0. The van der Waals surface area contributed by atoms with Crippen molar-refractivity contribution in [3.63, 3.8) is 0 Å². The number of benzene rings is 3. The van der Waals surface area contributed by atoms with E-state index in [9.17, 15) is 4.79 Å². The highest BCUT2D eigenvalue weighted by Gasteiger charge is 2.28. The zero-order valence-corrected chi connectivity index (χ0v) is 38.4. The molecule has 0 amide bonds. The monoisotopic (exact) mass is 805 g/mol. The molecule has 8 heteroatoms. The third-order valence-corrected chi connectivity index (χ3v) is 16.2. The Hall–Kier alpha value is -3.08. The molecule has 0 aliphatic heterocycles. The number of rotatable bonds is 31. The van der Waals surface area contributed by atoms with Crippen LogP contribution in [0.2, 0.25) is 38.8 Å². The van der Waals surface area contributed by atoms with Gasteiger partial charge in [-0.2, -0.15) is 0 Å². The summed E-state index contributed by atoms with van der Waals surface area (Å²) in [6.45, 7) is 17.9. The fraction of sp³-hybridized carbons (Fsp3) is 0.604. The first-order valence-electron chi connectivity index (χ1n) is 22.1. The van der Waals surface area contributed by atoms with Gasteiger partial charge in [0.25, 0.3) is 0 Å². The standard InChI is InChI=1S/C48H76O6Si2/c1-8-10-12-14-16-17-18-20-22-36-50-43-30-26-41(27-31-43)42-28-32-44(33-29-42)53-48(49)46-35-34-45(51-37-23-19-15-13-11-9-2)40-47(46)52-38-24-21-25-39-56(6,7)54-55(3,4)5/h26-35,40H,8-25,36-39H2,1-7H3. The van der Waals surface area contributed by atoms with E-state index in [0.29, 0.717) is 36.0 Å². The van der Waals surface area contributed by atoms with Crippen molar-refractivity contribution in [1.82, 2.24) is 0 Å². The molecule has 0 saturated carbocycles. The van der Waals surface area contributed by atoms with E-state index in [2.05, 4.69) is 58.7 Å². The molecule has 0 fully saturated rings. The molecule has 0 saturated heterocycles. The minimum Gasteiger partial charge on any atom is -0.494 e. The lowest BCUT2D eigenvalue weighted by Gasteiger charge is -2.31. The molecular weight excluding hydrogens is 729 g/mol. The predicted octanol–water partition coefficient (Wildman–Crippen LogP) is 14.8. The molecule has 0 spiro atoms. The molecule has 3 aromatic rings. The molecule has 3 rings (SSSR count). The van der Waals surface area contributed by atoms with Gasteiger partial charge in [0.15, 0.2) is 16.6 Å². The molecule has 6 nitrogen and oxygen atoms in total. The van der Waals surface area contributed by atoms with Gasteiger partial charge in [-0.1, -0.05) is 134 Å². The first kappa shape index (κ1) is 47.3. The van der Waals surface area contributed by atoms with Gasteiger partial charge >= 0.3 is 5.97 Å². The molecule has 56 heavy (non-hydrogen) atoms. The highest BCUT2D eigenvalue weighted by Crippen LogP contribution is 2.29. The van der Waals surface area contributed by atoms with Gasteiger partial charge in [0.2, 0.25) is 0 Å². The summed E-state index contributed by atoms with van der Waals surface area (Å²) in [7, 11) is -3.20. The van der Waals surface area contributed by atoms with E-state index < -0.39 is 22.6 Å². The second-order valence-electron chi connectivity index (χ2n) is 17.0. The van der Waals surface area contributed by atoms with E-state index in [1.807, 2.05) is 48.5 Å². The normalized spacial score (nSPS) is 11.8. The summed E-state index contributed by atoms with van der Waals surface area (Å²) in [6.07, 6.45) is 22.1. The Morgan fingerprint density at radius 3 is 1.43 bits per heavy atom. The van der Waals surface area contributed by atoms with Crippen LogP contribution < -0.4 is 18.9 Å². The van der Waals surface area contributed by atoms with Crippen LogP contribution in [0.25, 0.3) is 11.1 Å². The molecule has 0 aliphatic rings. The van der Waals surface area contributed by atoms with Crippen molar-refractivity contribution >= 4 is 22.6 Å². The lowest BCUT2D eigenvalue weighted by Crippen LogP contribution is -2.42. The first-order valence-corrected chi connectivity index (χ1v) is 28.7. The second kappa shape index (κ2) is 26.8. The number of ether oxygens (including phenoxy) is 4. The van der Waals surface area contributed by atoms with Crippen LogP contribution in [0, 0.1) is 0 Å². The highest BCUT2D eigenvalue weighted by molar-refractivity contribution is 6.84. The summed E-state index contributed by atoms with van der Waals surface area (Å²) in [5.41, 5.74) is 2.53. The lowest BCUT2D eigenvalue weighted by molar-refractivity contribution is 0.0730. The molecule has 0 N–H and O–H groups in total. The summed E-state index contributed by atoms with van der Waals surface area (Å²) in [5, 5.41) is 0. The van der Waals surface area contributed by atoms with E-state index in [-0.39, 0.29) is 0 Å². The van der Waals surface area contributed by atoms with Gasteiger partial charge in [0.05, 0.1) is 19.8 Å². The number of hydrogen-bond acceptors (Lipinski definition) is 6. The molecule has 0 aliphatic carbocycles. The Kier molecular flexibility index (Phi) is 22.6. The second-order valence-corrected chi connectivity index (χ2v) is 26.1. The van der Waals surface area contributed by atoms with E-state index >= 15 is 0 Å². The molecule has 312 valence electrons. The molecular formula is C48H76O6Si2. The Balaban J connectivity index is 1.52. The molecule has 3 aromatic carbocycles. The SMILES string of the molecule is CCCCCCCCCCCOc1ccc(-c2ccc(OC(=O)c3ccc(OCCCCCCCC)cc3OCCCCC[Si](C)(C)O[Si](C)(C)C)cc2)cc1. The smallest absolute Gasteiger partial charge is 0.347 e. The highest BCUT2D eigenvalue weighted by atomic mass is 28.4. The van der Waals surface area contributed by atoms with E-state index in [4.69, 9.17) is 23.1 Å². The minimum atomic E-state index is -1.66. The van der Waals surface area contributed by atoms with Crippen molar-refractivity contribution in [3.05, 3.63) is 72.3 Å². The molecule has 0 unspecified atom stereocenters. The molecule has 0 heterocycles. The molecule has 0 atom stereocenters. The predicted molar refractivity (Wildman–Crippen MR) is 241 cm³/mol. The summed E-state index contributed by atoms with van der Waals surface area (Å²) in [6, 6.07) is 22.5. The quantitative estimate of drug-likeness (QED) is 0.0279. The fourth-order valence-corrected chi connectivity index (χ4v) is 15.2. The lowest BCUT2D eigenvalue weighted by atomic mass is 10.1. The third kappa shape index (κ3) is 20.4. The summed E-state index contributed by atoms with van der Waals surface area (Å²) in [4.78, 5) is 13.5. The van der Waals surface area contributed by atoms with Gasteiger partial charge in [0, 0.05) is 6.07 Å². The van der Waals surface area contributed by atoms with Crippen LogP contribution >= 0.6 is 0 Å². The van der Waals surface area contributed by atoms with Crippen LogP contribution in [0.3, 0.4) is 0 Å². The van der Waals surface area contributed by atoms with Crippen molar-refractivity contribution < 1.29 is 27.9 Å². The maximum Gasteiger partial charge on any atom is 0.347 e. The van der Waals surface area contributed by atoms with Gasteiger partial charge < -0.3 is 23.1 Å². The van der Waals surface area contributed by atoms with Crippen LogP contribution in [0.5, 0.6) is 23.0 Å². The number of carbonyl (C=O) groups is 1. The van der Waals surface area contributed by atoms with Gasteiger partial charge in [-0.3, -0.25) is 0 Å². The Morgan fingerprint density at radius 1 is 0.482 bits per heavy atom. The van der Waals surface area contributed by atoms with Crippen LogP contribution in [0.1, 0.15) is 140 Å². The van der Waals surface area contributed by atoms with Crippen molar-refractivity contribution in [2.45, 2.75) is 168 Å². The molecule has 0 radical (unpaired) electrons. The van der Waals surface area contributed by atoms with Crippen LogP contribution in [0.15, 0.2) is 66.7 Å². The average Bonchev–Trinajstić information content (AvgIpc) is 3.16. The van der Waals surface area contributed by atoms with Gasteiger partial charge in [-0.25, -0.2) is 4.79 Å². The third-order valence-electron chi connectivity index (χ3n) is 9.97. The number of esters is 1. The largest absolute Gasteiger partial charge is 0.494 e. The van der Waals surface area contributed by atoms with Gasteiger partial charge in [-0.15, -0.1) is 0 Å². The zero-order valence-electron chi connectivity index (χ0n) is 36.4. The molecule has 0 aromatic heterocycles. The maximum absolute atomic E-state index is 13.5. The van der Waals surface area contributed by atoms with Crippen molar-refractivity contribution in [1.29, 1.82) is 0 Å². The van der Waals surface area contributed by atoms with E-state index in [0.717, 1.165) is 68.1 Å². The Bertz CT molecular complexity index is 1480. The van der Waals surface area contributed by atoms with E-state index in [1.165, 1.54) is 77.0 Å². The Morgan fingerprint density at radius 2 is 0.911 bits per heavy atom. The number of carbonyl (C=O) groups excluding carboxylic acids is 1. The number of hydrogen-bond donors (Lipinski definition) is 0. The van der Waals surface area contributed by atoms with Gasteiger partial charge in [-0.05, 0) is 106 Å². The fourth-order valence-electron chi connectivity index (χ4n) is 7.07. The summed E-state index contributed by atoms with van der Waals surface area (Å²) in [5.74, 6) is 2.16. The summed E-state index contributed by atoms with van der Waals surface area (Å²) >= 11 is 0. The molecule has 0 bridgehead atoms. The van der Waals surface area contributed by atoms with Crippen molar-refractivity contribution in [2.75, 3.05) is 19.8 Å². The number of unbranched alkanes of at least 4 members (excludes halogenated alkanes) is 15. The van der Waals surface area contributed by atoms with Crippen molar-refractivity contribution in [3.8, 4) is 34.1 Å². The van der Waals surface area contributed by atoms with Gasteiger partial charge in [0.1, 0.15) is 28.6 Å².